The highest BCUT2D eigenvalue weighted by Crippen LogP contribution is 2.31. The number of alkyl halides is 4. The maximum Gasteiger partial charge on any atom is 0.417 e. The zero-order chi connectivity index (χ0) is 15.8. The standard InChI is InChI=1S/C12H12F5N3O/c1-2-7(13)9-5-20(11(21)19-9)10-8(14)3-6(4-18-10)12(15,16)17/h3-4,7,9H,2,5H2,1H3,(H,19,21)/t7-,9+/m0/s1. The van der Waals surface area contributed by atoms with E-state index in [1.54, 1.807) is 6.92 Å². The summed E-state index contributed by atoms with van der Waals surface area (Å²) >= 11 is 0. The molecule has 9 heteroatoms. The Labute approximate surface area is 116 Å². The SMILES string of the molecule is CC[C@H](F)[C@H]1CN(c2ncc(C(F)(F)F)cc2F)C(=O)N1. The van der Waals surface area contributed by atoms with E-state index in [2.05, 4.69) is 10.3 Å². The van der Waals surface area contributed by atoms with Gasteiger partial charge in [0.05, 0.1) is 18.2 Å². The normalized spacial score (nSPS) is 20.6. The molecule has 1 aliphatic rings. The quantitative estimate of drug-likeness (QED) is 0.873. The number of nitrogens with zero attached hydrogens (tertiary/aromatic N) is 2. The van der Waals surface area contributed by atoms with Crippen LogP contribution in [0, 0.1) is 5.82 Å². The second-order valence-corrected chi connectivity index (χ2v) is 4.62. The molecule has 1 saturated heterocycles. The van der Waals surface area contributed by atoms with Crippen molar-refractivity contribution in [2.75, 3.05) is 11.4 Å². The summed E-state index contributed by atoms with van der Waals surface area (Å²) in [7, 11) is 0. The van der Waals surface area contributed by atoms with Crippen LogP contribution >= 0.6 is 0 Å². The molecule has 116 valence electrons. The molecule has 0 bridgehead atoms. The minimum atomic E-state index is -4.73. The van der Waals surface area contributed by atoms with Crippen molar-refractivity contribution in [2.45, 2.75) is 31.7 Å². The van der Waals surface area contributed by atoms with Crippen LogP contribution in [0.4, 0.5) is 32.6 Å². The number of hydrogen-bond acceptors (Lipinski definition) is 2. The first kappa shape index (κ1) is 15.5. The predicted octanol–water partition coefficient (Wildman–Crippen LogP) is 2.89. The summed E-state index contributed by atoms with van der Waals surface area (Å²) in [4.78, 5) is 15.8. The van der Waals surface area contributed by atoms with E-state index in [0.717, 1.165) is 4.90 Å². The third-order valence-electron chi connectivity index (χ3n) is 3.16. The Morgan fingerprint density at radius 1 is 1.52 bits per heavy atom. The van der Waals surface area contributed by atoms with E-state index in [1.807, 2.05) is 0 Å². The van der Waals surface area contributed by atoms with Gasteiger partial charge in [0.15, 0.2) is 11.6 Å². The smallest absolute Gasteiger partial charge is 0.330 e. The molecular formula is C12H12F5N3O. The molecule has 0 aromatic carbocycles. The molecule has 0 unspecified atom stereocenters. The van der Waals surface area contributed by atoms with Gasteiger partial charge in [-0.15, -0.1) is 0 Å². The van der Waals surface area contributed by atoms with Crippen LogP contribution in [0.25, 0.3) is 0 Å². The summed E-state index contributed by atoms with van der Waals surface area (Å²) in [6.45, 7) is 1.39. The summed E-state index contributed by atoms with van der Waals surface area (Å²) in [5, 5.41) is 2.31. The number of amides is 2. The topological polar surface area (TPSA) is 45.2 Å². The van der Waals surface area contributed by atoms with Gasteiger partial charge in [-0.05, 0) is 12.5 Å². The van der Waals surface area contributed by atoms with Gasteiger partial charge in [-0.2, -0.15) is 13.2 Å². The number of anilines is 1. The number of carbonyl (C=O) groups excluding carboxylic acids is 1. The second-order valence-electron chi connectivity index (χ2n) is 4.62. The number of rotatable bonds is 3. The molecule has 2 atom stereocenters. The number of carbonyl (C=O) groups is 1. The Kier molecular flexibility index (Phi) is 4.02. The fraction of sp³-hybridized carbons (Fsp3) is 0.500. The fourth-order valence-electron chi connectivity index (χ4n) is 2.02. The van der Waals surface area contributed by atoms with Crippen LogP contribution < -0.4 is 10.2 Å². The molecule has 2 amide bonds. The van der Waals surface area contributed by atoms with E-state index in [9.17, 15) is 26.7 Å². The first-order valence-electron chi connectivity index (χ1n) is 6.19. The first-order valence-corrected chi connectivity index (χ1v) is 6.19. The summed E-state index contributed by atoms with van der Waals surface area (Å²) in [6, 6.07) is -1.37. The Balaban J connectivity index is 2.25. The minimum Gasteiger partial charge on any atom is -0.330 e. The molecule has 0 spiro atoms. The van der Waals surface area contributed by atoms with Gasteiger partial charge in [-0.3, -0.25) is 4.90 Å². The van der Waals surface area contributed by atoms with Gasteiger partial charge in [0.25, 0.3) is 0 Å². The summed E-state index contributed by atoms with van der Waals surface area (Å²) in [5.74, 6) is -1.83. The van der Waals surface area contributed by atoms with Crippen LogP contribution in [0.1, 0.15) is 18.9 Å². The molecule has 1 aromatic rings. The molecule has 1 fully saturated rings. The van der Waals surface area contributed by atoms with Crippen LogP contribution in [-0.2, 0) is 6.18 Å². The van der Waals surface area contributed by atoms with Crippen molar-refractivity contribution in [1.82, 2.24) is 10.3 Å². The van der Waals surface area contributed by atoms with Crippen LogP contribution in [0.5, 0.6) is 0 Å². The summed E-state index contributed by atoms with van der Waals surface area (Å²) in [5.41, 5.74) is -1.25. The molecule has 0 aliphatic carbocycles. The van der Waals surface area contributed by atoms with Crippen molar-refractivity contribution in [3.05, 3.63) is 23.6 Å². The highest BCUT2D eigenvalue weighted by Gasteiger charge is 2.38. The van der Waals surface area contributed by atoms with E-state index in [-0.39, 0.29) is 19.0 Å². The molecular weight excluding hydrogens is 297 g/mol. The van der Waals surface area contributed by atoms with Gasteiger partial charge in [0, 0.05) is 6.20 Å². The summed E-state index contributed by atoms with van der Waals surface area (Å²) < 4.78 is 64.5. The Morgan fingerprint density at radius 2 is 2.19 bits per heavy atom. The van der Waals surface area contributed by atoms with Gasteiger partial charge in [-0.25, -0.2) is 18.6 Å². The van der Waals surface area contributed by atoms with E-state index in [1.165, 1.54) is 0 Å². The van der Waals surface area contributed by atoms with Crippen molar-refractivity contribution in [2.24, 2.45) is 0 Å². The highest BCUT2D eigenvalue weighted by atomic mass is 19.4. The third-order valence-corrected chi connectivity index (χ3v) is 3.16. The van der Waals surface area contributed by atoms with E-state index in [0.29, 0.717) is 6.20 Å². The monoisotopic (exact) mass is 309 g/mol. The molecule has 2 heterocycles. The number of aromatic nitrogens is 1. The lowest BCUT2D eigenvalue weighted by molar-refractivity contribution is -0.138. The molecule has 2 rings (SSSR count). The average Bonchev–Trinajstić information content (AvgIpc) is 2.78. The van der Waals surface area contributed by atoms with Gasteiger partial charge < -0.3 is 5.32 Å². The third kappa shape index (κ3) is 3.06. The molecule has 0 saturated carbocycles. The van der Waals surface area contributed by atoms with Gasteiger partial charge in [-0.1, -0.05) is 6.92 Å². The van der Waals surface area contributed by atoms with Crippen molar-refractivity contribution in [1.29, 1.82) is 0 Å². The lowest BCUT2D eigenvalue weighted by atomic mass is 10.1. The molecule has 21 heavy (non-hydrogen) atoms. The Morgan fingerprint density at radius 3 is 2.71 bits per heavy atom. The molecule has 1 aliphatic heterocycles. The number of hydrogen-bond donors (Lipinski definition) is 1. The van der Waals surface area contributed by atoms with Gasteiger partial charge >= 0.3 is 12.2 Å². The van der Waals surface area contributed by atoms with Crippen LogP contribution in [-0.4, -0.2) is 29.8 Å². The van der Waals surface area contributed by atoms with Crippen molar-refractivity contribution in [3.63, 3.8) is 0 Å². The predicted molar refractivity (Wildman–Crippen MR) is 64.0 cm³/mol. The zero-order valence-corrected chi connectivity index (χ0v) is 10.9. The lowest BCUT2D eigenvalue weighted by Crippen LogP contribution is -2.34. The van der Waals surface area contributed by atoms with Crippen molar-refractivity contribution < 1.29 is 26.7 Å². The van der Waals surface area contributed by atoms with E-state index < -0.39 is 41.6 Å². The number of nitrogens with one attached hydrogen (secondary N) is 1. The van der Waals surface area contributed by atoms with Crippen molar-refractivity contribution in [3.8, 4) is 0 Å². The zero-order valence-electron chi connectivity index (χ0n) is 10.9. The highest BCUT2D eigenvalue weighted by molar-refractivity contribution is 5.93. The number of pyridine rings is 1. The van der Waals surface area contributed by atoms with Crippen LogP contribution in [0.3, 0.4) is 0 Å². The number of halogens is 5. The largest absolute Gasteiger partial charge is 0.417 e. The van der Waals surface area contributed by atoms with Crippen molar-refractivity contribution >= 4 is 11.8 Å². The van der Waals surface area contributed by atoms with Crippen LogP contribution in [0.15, 0.2) is 12.3 Å². The minimum absolute atomic E-state index is 0.154. The number of urea groups is 1. The molecule has 0 radical (unpaired) electrons. The summed E-state index contributed by atoms with van der Waals surface area (Å²) in [6.07, 6.45) is -5.46. The Bertz CT molecular complexity index is 548. The Hall–Kier alpha value is -1.93. The molecule has 1 aromatic heterocycles. The van der Waals surface area contributed by atoms with E-state index >= 15 is 0 Å². The fourth-order valence-corrected chi connectivity index (χ4v) is 2.02. The van der Waals surface area contributed by atoms with Gasteiger partial charge in [0.2, 0.25) is 0 Å². The molecule has 1 N–H and O–H groups in total. The van der Waals surface area contributed by atoms with Gasteiger partial charge in [0.1, 0.15) is 6.17 Å². The lowest BCUT2D eigenvalue weighted by Gasteiger charge is -2.16. The first-order chi connectivity index (χ1) is 9.74. The average molecular weight is 309 g/mol. The maximum atomic E-state index is 13.7. The van der Waals surface area contributed by atoms with E-state index in [4.69, 9.17) is 0 Å². The van der Waals surface area contributed by atoms with Crippen LogP contribution in [0.2, 0.25) is 0 Å². The maximum absolute atomic E-state index is 13.7. The molecule has 4 nitrogen and oxygen atoms in total. The second kappa shape index (κ2) is 5.45.